The van der Waals surface area contributed by atoms with E-state index in [9.17, 15) is 9.59 Å². The van der Waals surface area contributed by atoms with Crippen LogP contribution in [0.4, 0.5) is 11.4 Å². The van der Waals surface area contributed by atoms with Gasteiger partial charge in [-0.15, -0.1) is 11.3 Å². The molecule has 0 radical (unpaired) electrons. The molecule has 1 aliphatic rings. The molecule has 0 saturated carbocycles. The van der Waals surface area contributed by atoms with Gasteiger partial charge in [0, 0.05) is 35.1 Å². The number of fused-ring (bicyclic) bond motifs is 1. The van der Waals surface area contributed by atoms with E-state index >= 15 is 0 Å². The van der Waals surface area contributed by atoms with E-state index in [1.54, 1.807) is 4.90 Å². The molecule has 0 bridgehead atoms. The van der Waals surface area contributed by atoms with Gasteiger partial charge in [0.25, 0.3) is 5.91 Å². The van der Waals surface area contributed by atoms with E-state index in [0.29, 0.717) is 17.0 Å². The van der Waals surface area contributed by atoms with E-state index in [1.165, 1.54) is 11.3 Å². The Morgan fingerprint density at radius 1 is 1.13 bits per heavy atom. The standard InChI is InChI=1S/C23H26N4O2S/c1-13-18-14(2)24-22(23(3,4)5)26-21(18)30-19(13)20(29)25-15-8-10-16(11-9-15)27-12-6-7-17(27)28/h8-11H,6-7,12H2,1-5H3,(H,25,29). The van der Waals surface area contributed by atoms with Crippen LogP contribution >= 0.6 is 11.3 Å². The number of aryl methyl sites for hydroxylation is 2. The van der Waals surface area contributed by atoms with E-state index in [-0.39, 0.29) is 17.2 Å². The van der Waals surface area contributed by atoms with Gasteiger partial charge in [0.1, 0.15) is 10.7 Å². The first-order chi connectivity index (χ1) is 14.1. The molecule has 0 unspecified atom stereocenters. The van der Waals surface area contributed by atoms with Gasteiger partial charge >= 0.3 is 0 Å². The Balaban J connectivity index is 1.59. The second-order valence-electron chi connectivity index (χ2n) is 8.77. The average molecular weight is 423 g/mol. The van der Waals surface area contributed by atoms with Gasteiger partial charge < -0.3 is 10.2 Å². The van der Waals surface area contributed by atoms with Gasteiger partial charge in [-0.05, 0) is 50.1 Å². The summed E-state index contributed by atoms with van der Waals surface area (Å²) in [6.07, 6.45) is 1.49. The summed E-state index contributed by atoms with van der Waals surface area (Å²) in [5.41, 5.74) is 3.22. The van der Waals surface area contributed by atoms with Gasteiger partial charge in [0.15, 0.2) is 0 Å². The van der Waals surface area contributed by atoms with Crippen molar-refractivity contribution in [3.8, 4) is 0 Å². The minimum absolute atomic E-state index is 0.152. The molecule has 4 rings (SSSR count). The molecule has 30 heavy (non-hydrogen) atoms. The van der Waals surface area contributed by atoms with Crippen LogP contribution in [0.5, 0.6) is 0 Å². The minimum Gasteiger partial charge on any atom is -0.321 e. The number of rotatable bonds is 3. The number of aromatic nitrogens is 2. The van der Waals surface area contributed by atoms with Crippen LogP contribution in [0.15, 0.2) is 24.3 Å². The van der Waals surface area contributed by atoms with Crippen molar-refractivity contribution in [2.24, 2.45) is 0 Å². The number of nitrogens with zero attached hydrogens (tertiary/aromatic N) is 3. The Kier molecular flexibility index (Phi) is 5.10. The molecular formula is C23H26N4O2S. The van der Waals surface area contributed by atoms with Crippen molar-refractivity contribution in [2.45, 2.75) is 52.9 Å². The van der Waals surface area contributed by atoms with Crippen LogP contribution in [0.3, 0.4) is 0 Å². The fourth-order valence-corrected chi connectivity index (χ4v) is 4.85. The molecule has 156 valence electrons. The van der Waals surface area contributed by atoms with Crippen LogP contribution in [0, 0.1) is 13.8 Å². The van der Waals surface area contributed by atoms with Crippen molar-refractivity contribution in [1.82, 2.24) is 9.97 Å². The van der Waals surface area contributed by atoms with Gasteiger partial charge in [-0.25, -0.2) is 9.97 Å². The molecule has 3 heterocycles. The second-order valence-corrected chi connectivity index (χ2v) is 9.77. The lowest BCUT2D eigenvalue weighted by atomic mass is 9.95. The average Bonchev–Trinajstić information content (AvgIpc) is 3.25. The van der Waals surface area contributed by atoms with Crippen molar-refractivity contribution in [3.63, 3.8) is 0 Å². The predicted molar refractivity (Wildman–Crippen MR) is 122 cm³/mol. The van der Waals surface area contributed by atoms with Crippen molar-refractivity contribution in [3.05, 3.63) is 46.2 Å². The third kappa shape index (κ3) is 3.69. The van der Waals surface area contributed by atoms with Crippen LogP contribution in [0.25, 0.3) is 10.2 Å². The number of carbonyl (C=O) groups excluding carboxylic acids is 2. The Labute approximate surface area is 180 Å². The van der Waals surface area contributed by atoms with Gasteiger partial charge in [0.2, 0.25) is 5.91 Å². The van der Waals surface area contributed by atoms with Gasteiger partial charge in [0.05, 0.1) is 10.6 Å². The topological polar surface area (TPSA) is 75.2 Å². The first-order valence-electron chi connectivity index (χ1n) is 10.1. The van der Waals surface area contributed by atoms with Crippen LogP contribution in [0.1, 0.15) is 60.4 Å². The summed E-state index contributed by atoms with van der Waals surface area (Å²) in [7, 11) is 0. The number of anilines is 2. The molecule has 1 aromatic carbocycles. The van der Waals surface area contributed by atoms with E-state index in [0.717, 1.165) is 46.0 Å². The molecule has 0 atom stereocenters. The van der Waals surface area contributed by atoms with Gasteiger partial charge in [-0.3, -0.25) is 9.59 Å². The molecule has 3 aromatic rings. The molecule has 1 fully saturated rings. The lowest BCUT2D eigenvalue weighted by molar-refractivity contribution is -0.117. The first kappa shape index (κ1) is 20.5. The van der Waals surface area contributed by atoms with E-state index in [4.69, 9.17) is 4.98 Å². The number of hydrogen-bond acceptors (Lipinski definition) is 5. The highest BCUT2D eigenvalue weighted by atomic mass is 32.1. The van der Waals surface area contributed by atoms with E-state index < -0.39 is 0 Å². The molecule has 1 saturated heterocycles. The maximum absolute atomic E-state index is 13.0. The Bertz CT molecular complexity index is 1140. The Hall–Kier alpha value is -2.80. The molecule has 0 spiro atoms. The summed E-state index contributed by atoms with van der Waals surface area (Å²) in [5, 5.41) is 3.93. The Morgan fingerprint density at radius 2 is 1.83 bits per heavy atom. The largest absolute Gasteiger partial charge is 0.321 e. The summed E-state index contributed by atoms with van der Waals surface area (Å²) in [4.78, 5) is 37.6. The maximum Gasteiger partial charge on any atom is 0.266 e. The van der Waals surface area contributed by atoms with Crippen LogP contribution in [0.2, 0.25) is 0 Å². The molecule has 2 aromatic heterocycles. The summed E-state index contributed by atoms with van der Waals surface area (Å²) in [5.74, 6) is 0.781. The number of benzene rings is 1. The maximum atomic E-state index is 13.0. The van der Waals surface area contributed by atoms with Crippen molar-refractivity contribution in [1.29, 1.82) is 0 Å². The van der Waals surface area contributed by atoms with Crippen LogP contribution in [-0.4, -0.2) is 28.3 Å². The summed E-state index contributed by atoms with van der Waals surface area (Å²) in [6.45, 7) is 10.9. The highest BCUT2D eigenvalue weighted by molar-refractivity contribution is 7.20. The third-order valence-electron chi connectivity index (χ3n) is 5.36. The zero-order valence-corrected chi connectivity index (χ0v) is 18.8. The third-order valence-corrected chi connectivity index (χ3v) is 6.54. The predicted octanol–water partition coefficient (Wildman–Crippen LogP) is 4.98. The highest BCUT2D eigenvalue weighted by Crippen LogP contribution is 2.33. The molecular weight excluding hydrogens is 396 g/mol. The normalized spacial score (nSPS) is 14.6. The van der Waals surface area contributed by atoms with Crippen molar-refractivity contribution in [2.75, 3.05) is 16.8 Å². The first-order valence-corrected chi connectivity index (χ1v) is 11.0. The molecule has 7 heteroatoms. The molecule has 1 N–H and O–H groups in total. The quantitative estimate of drug-likeness (QED) is 0.646. The fourth-order valence-electron chi connectivity index (χ4n) is 3.72. The smallest absolute Gasteiger partial charge is 0.266 e. The molecule has 6 nitrogen and oxygen atoms in total. The zero-order chi connectivity index (χ0) is 21.6. The molecule has 2 amide bonds. The lowest BCUT2D eigenvalue weighted by Gasteiger charge is -2.16. The second kappa shape index (κ2) is 7.47. The number of carbonyl (C=O) groups is 2. The van der Waals surface area contributed by atoms with E-state index in [1.807, 2.05) is 38.1 Å². The lowest BCUT2D eigenvalue weighted by Crippen LogP contribution is -2.23. The fraction of sp³-hybridized carbons (Fsp3) is 0.391. The SMILES string of the molecule is Cc1nc(C(C)(C)C)nc2sc(C(=O)Nc3ccc(N4CCCC4=O)cc3)c(C)c12. The number of thiophene rings is 1. The van der Waals surface area contributed by atoms with E-state index in [2.05, 4.69) is 31.1 Å². The highest BCUT2D eigenvalue weighted by Gasteiger charge is 2.24. The number of nitrogens with one attached hydrogen (secondary N) is 1. The monoisotopic (exact) mass is 422 g/mol. The molecule has 0 aliphatic carbocycles. The summed E-state index contributed by atoms with van der Waals surface area (Å²) < 4.78 is 0. The van der Waals surface area contributed by atoms with Crippen LogP contribution in [-0.2, 0) is 10.2 Å². The van der Waals surface area contributed by atoms with Crippen molar-refractivity contribution >= 4 is 44.7 Å². The van der Waals surface area contributed by atoms with Crippen LogP contribution < -0.4 is 10.2 Å². The molecule has 1 aliphatic heterocycles. The Morgan fingerprint density at radius 3 is 2.43 bits per heavy atom. The van der Waals surface area contributed by atoms with Gasteiger partial charge in [-0.1, -0.05) is 20.8 Å². The zero-order valence-electron chi connectivity index (χ0n) is 18.0. The number of hydrogen-bond donors (Lipinski definition) is 1. The summed E-state index contributed by atoms with van der Waals surface area (Å²) in [6, 6.07) is 7.43. The van der Waals surface area contributed by atoms with Gasteiger partial charge in [-0.2, -0.15) is 0 Å². The van der Waals surface area contributed by atoms with Crippen molar-refractivity contribution < 1.29 is 9.59 Å². The number of amides is 2. The minimum atomic E-state index is -0.155. The summed E-state index contributed by atoms with van der Waals surface area (Å²) >= 11 is 1.40.